The highest BCUT2D eigenvalue weighted by molar-refractivity contribution is 5.47. The smallest absolute Gasteiger partial charge is 0.134 e. The highest BCUT2D eigenvalue weighted by atomic mass is 16.3. The van der Waals surface area contributed by atoms with Crippen molar-refractivity contribution in [1.29, 1.82) is 5.26 Å². The molecule has 0 aromatic carbocycles. The fraction of sp³-hybridized carbons (Fsp3) is 0.500. The highest BCUT2D eigenvalue weighted by Crippen LogP contribution is 2.23. The molecular weight excluding hydrogens is 202 g/mol. The summed E-state index contributed by atoms with van der Waals surface area (Å²) < 4.78 is 0. The maximum atomic E-state index is 9.64. The number of nitrogens with zero attached hydrogens (tertiary/aromatic N) is 3. The van der Waals surface area contributed by atoms with Gasteiger partial charge in [0, 0.05) is 24.8 Å². The van der Waals surface area contributed by atoms with Crippen LogP contribution in [0.4, 0.5) is 5.82 Å². The molecule has 1 aromatic heterocycles. The quantitative estimate of drug-likeness (QED) is 0.821. The van der Waals surface area contributed by atoms with Gasteiger partial charge in [-0.15, -0.1) is 0 Å². The monoisotopic (exact) mass is 219 g/mol. The minimum absolute atomic E-state index is 0.462. The zero-order chi connectivity index (χ0) is 12.0. The second-order valence-electron chi connectivity index (χ2n) is 3.58. The van der Waals surface area contributed by atoms with Crippen LogP contribution in [0.1, 0.15) is 31.9 Å². The van der Waals surface area contributed by atoms with Gasteiger partial charge in [-0.1, -0.05) is 6.07 Å². The summed E-state index contributed by atoms with van der Waals surface area (Å²) in [6.07, 6.45) is 1.62. The van der Waals surface area contributed by atoms with Crippen LogP contribution in [0.25, 0.3) is 0 Å². The van der Waals surface area contributed by atoms with Gasteiger partial charge in [-0.05, 0) is 19.9 Å². The van der Waals surface area contributed by atoms with Gasteiger partial charge in [-0.2, -0.15) is 5.26 Å². The molecule has 1 atom stereocenters. The van der Waals surface area contributed by atoms with E-state index in [0.29, 0.717) is 13.0 Å². The second kappa shape index (κ2) is 6.09. The predicted molar refractivity (Wildman–Crippen MR) is 63.0 cm³/mol. The third kappa shape index (κ3) is 2.94. The van der Waals surface area contributed by atoms with Crippen LogP contribution < -0.4 is 4.90 Å². The van der Waals surface area contributed by atoms with Crippen molar-refractivity contribution in [2.45, 2.75) is 26.4 Å². The summed E-state index contributed by atoms with van der Waals surface area (Å²) in [6, 6.07) is 5.79. The number of anilines is 1. The van der Waals surface area contributed by atoms with E-state index in [9.17, 15) is 5.11 Å². The minimum Gasteiger partial charge on any atom is -0.389 e. The van der Waals surface area contributed by atoms with Crippen molar-refractivity contribution in [2.75, 3.05) is 18.0 Å². The van der Waals surface area contributed by atoms with Crippen LogP contribution in [-0.2, 0) is 0 Å². The van der Waals surface area contributed by atoms with Gasteiger partial charge in [0.25, 0.3) is 0 Å². The number of rotatable bonds is 5. The summed E-state index contributed by atoms with van der Waals surface area (Å²) in [7, 11) is 0. The van der Waals surface area contributed by atoms with E-state index < -0.39 is 6.10 Å². The molecule has 16 heavy (non-hydrogen) atoms. The van der Waals surface area contributed by atoms with E-state index in [4.69, 9.17) is 5.26 Å². The number of nitriles is 1. The first-order valence-corrected chi connectivity index (χ1v) is 5.45. The minimum atomic E-state index is -0.542. The van der Waals surface area contributed by atoms with Gasteiger partial charge in [-0.3, -0.25) is 0 Å². The Hall–Kier alpha value is -1.60. The van der Waals surface area contributed by atoms with Crippen molar-refractivity contribution in [1.82, 2.24) is 4.98 Å². The Morgan fingerprint density at radius 2 is 2.38 bits per heavy atom. The van der Waals surface area contributed by atoms with Crippen LogP contribution in [0.15, 0.2) is 18.3 Å². The zero-order valence-electron chi connectivity index (χ0n) is 9.72. The van der Waals surface area contributed by atoms with Gasteiger partial charge >= 0.3 is 0 Å². The molecule has 86 valence electrons. The Balaban J connectivity index is 2.95. The number of hydrogen-bond donors (Lipinski definition) is 1. The number of hydrogen-bond acceptors (Lipinski definition) is 4. The van der Waals surface area contributed by atoms with Gasteiger partial charge in [0.15, 0.2) is 0 Å². The molecule has 1 rings (SSSR count). The Morgan fingerprint density at radius 3 is 2.94 bits per heavy atom. The lowest BCUT2D eigenvalue weighted by molar-refractivity contribution is 0.199. The molecule has 0 unspecified atom stereocenters. The fourth-order valence-corrected chi connectivity index (χ4v) is 1.60. The van der Waals surface area contributed by atoms with Crippen molar-refractivity contribution >= 4 is 5.82 Å². The number of aliphatic hydroxyl groups is 1. The zero-order valence-corrected chi connectivity index (χ0v) is 9.72. The van der Waals surface area contributed by atoms with Gasteiger partial charge in [0.1, 0.15) is 5.82 Å². The Kier molecular flexibility index (Phi) is 4.74. The van der Waals surface area contributed by atoms with E-state index in [-0.39, 0.29) is 0 Å². The normalized spacial score (nSPS) is 11.9. The van der Waals surface area contributed by atoms with Crippen LogP contribution >= 0.6 is 0 Å². The average Bonchev–Trinajstić information content (AvgIpc) is 2.30. The molecule has 0 aliphatic carbocycles. The van der Waals surface area contributed by atoms with Gasteiger partial charge in [0.2, 0.25) is 0 Å². The molecule has 0 fully saturated rings. The van der Waals surface area contributed by atoms with Crippen LogP contribution in [0, 0.1) is 11.3 Å². The second-order valence-corrected chi connectivity index (χ2v) is 3.58. The number of pyridine rings is 1. The molecule has 0 spiro atoms. The molecule has 0 bridgehead atoms. The average molecular weight is 219 g/mol. The van der Waals surface area contributed by atoms with Crippen molar-refractivity contribution in [3.05, 3.63) is 23.9 Å². The van der Waals surface area contributed by atoms with E-state index in [1.54, 1.807) is 13.1 Å². The summed E-state index contributed by atoms with van der Waals surface area (Å²) in [6.45, 7) is 5.15. The standard InChI is InChI=1S/C12H17N3O/c1-3-15(9-5-7-13)12-11(10(2)16)6-4-8-14-12/h4,6,8,10,16H,3,5,9H2,1-2H3/t10-/m0/s1. The number of aromatic nitrogens is 1. The Bertz CT molecular complexity index is 371. The van der Waals surface area contributed by atoms with E-state index >= 15 is 0 Å². The third-order valence-corrected chi connectivity index (χ3v) is 2.44. The molecule has 0 saturated carbocycles. The maximum Gasteiger partial charge on any atom is 0.134 e. The van der Waals surface area contributed by atoms with Gasteiger partial charge in [-0.25, -0.2) is 4.98 Å². The van der Waals surface area contributed by atoms with Crippen molar-refractivity contribution in [2.24, 2.45) is 0 Å². The largest absolute Gasteiger partial charge is 0.389 e. The first-order chi connectivity index (χ1) is 7.70. The fourth-order valence-electron chi connectivity index (χ4n) is 1.60. The molecule has 0 saturated heterocycles. The lowest BCUT2D eigenvalue weighted by atomic mass is 10.1. The van der Waals surface area contributed by atoms with E-state index in [1.165, 1.54) is 0 Å². The molecule has 0 amide bonds. The Labute approximate surface area is 96.2 Å². The topological polar surface area (TPSA) is 60.2 Å². The van der Waals surface area contributed by atoms with Crippen LogP contribution in [0.3, 0.4) is 0 Å². The molecule has 1 N–H and O–H groups in total. The molecule has 0 radical (unpaired) electrons. The molecule has 0 aliphatic rings. The molecular formula is C12H17N3O. The summed E-state index contributed by atoms with van der Waals surface area (Å²) in [4.78, 5) is 6.29. The van der Waals surface area contributed by atoms with Crippen LogP contribution in [0.5, 0.6) is 0 Å². The SMILES string of the molecule is CCN(CCC#N)c1ncccc1[C@H](C)O. The molecule has 1 heterocycles. The van der Waals surface area contributed by atoms with E-state index in [0.717, 1.165) is 17.9 Å². The van der Waals surface area contributed by atoms with Crippen LogP contribution in [-0.4, -0.2) is 23.2 Å². The van der Waals surface area contributed by atoms with E-state index in [2.05, 4.69) is 11.1 Å². The van der Waals surface area contributed by atoms with Crippen molar-refractivity contribution in [3.63, 3.8) is 0 Å². The third-order valence-electron chi connectivity index (χ3n) is 2.44. The van der Waals surface area contributed by atoms with E-state index in [1.807, 2.05) is 24.0 Å². The van der Waals surface area contributed by atoms with Gasteiger partial charge in [0.05, 0.1) is 18.6 Å². The van der Waals surface area contributed by atoms with Crippen molar-refractivity contribution in [3.8, 4) is 6.07 Å². The molecule has 4 nitrogen and oxygen atoms in total. The Morgan fingerprint density at radius 1 is 1.62 bits per heavy atom. The lowest BCUT2D eigenvalue weighted by Crippen LogP contribution is -2.26. The predicted octanol–water partition coefficient (Wildman–Crippen LogP) is 1.87. The molecule has 4 heteroatoms. The summed E-state index contributed by atoms with van der Waals surface area (Å²) >= 11 is 0. The maximum absolute atomic E-state index is 9.64. The van der Waals surface area contributed by atoms with Gasteiger partial charge < -0.3 is 10.0 Å². The summed E-state index contributed by atoms with van der Waals surface area (Å²) in [5.41, 5.74) is 0.808. The lowest BCUT2D eigenvalue weighted by Gasteiger charge is -2.24. The summed E-state index contributed by atoms with van der Waals surface area (Å²) in [5.74, 6) is 0.773. The van der Waals surface area contributed by atoms with Crippen LogP contribution in [0.2, 0.25) is 0 Å². The van der Waals surface area contributed by atoms with Crippen molar-refractivity contribution < 1.29 is 5.11 Å². The summed E-state index contributed by atoms with van der Waals surface area (Å²) in [5, 5.41) is 18.2. The number of aliphatic hydroxyl groups excluding tert-OH is 1. The first-order valence-electron chi connectivity index (χ1n) is 5.45. The first kappa shape index (κ1) is 12.5. The molecule has 0 aliphatic heterocycles. The molecule has 1 aromatic rings. The highest BCUT2D eigenvalue weighted by Gasteiger charge is 2.13.